The molecule has 162 valence electrons. The number of benzene rings is 2. The molecule has 1 heterocycles. The summed E-state index contributed by atoms with van der Waals surface area (Å²) in [7, 11) is 0. The lowest BCUT2D eigenvalue weighted by molar-refractivity contribution is -0.142. The number of nitrogens with zero attached hydrogens (tertiary/aromatic N) is 2. The molecule has 0 fully saturated rings. The number of carboxylic acid groups (broad SMARTS) is 1. The number of aryl methyl sites for hydroxylation is 1. The minimum absolute atomic E-state index is 0.0767. The van der Waals surface area contributed by atoms with E-state index >= 15 is 0 Å². The molecule has 1 N–H and O–H groups in total. The second kappa shape index (κ2) is 10.3. The molecule has 2 aromatic carbocycles. The van der Waals surface area contributed by atoms with Gasteiger partial charge in [0, 0.05) is 19.9 Å². The molecule has 3 rings (SSSR count). The number of carbonyl (C=O) groups excluding carboxylic acids is 1. The summed E-state index contributed by atoms with van der Waals surface area (Å²) in [4.78, 5) is 27.0. The maximum atomic E-state index is 11.3. The number of aromatic nitrogens is 2. The minimum atomic E-state index is -0.949. The van der Waals surface area contributed by atoms with Crippen LogP contribution in [0.2, 0.25) is 5.15 Å². The van der Waals surface area contributed by atoms with Gasteiger partial charge in [-0.1, -0.05) is 61.3 Å². The average molecular weight is 441 g/mol. The molecule has 0 aliphatic heterocycles. The Bertz CT molecular complexity index is 1070. The highest BCUT2D eigenvalue weighted by Crippen LogP contribution is 2.24. The number of hydrogen-bond donors (Lipinski definition) is 1. The Morgan fingerprint density at radius 2 is 1.87 bits per heavy atom. The first-order valence-electron chi connectivity index (χ1n) is 10.2. The Balaban J connectivity index is 1.86. The summed E-state index contributed by atoms with van der Waals surface area (Å²) in [6, 6.07) is 14.8. The first-order chi connectivity index (χ1) is 14.9. The predicted octanol–water partition coefficient (Wildman–Crippen LogP) is 5.36. The van der Waals surface area contributed by atoms with Crippen molar-refractivity contribution in [2.75, 3.05) is 0 Å². The molecule has 0 bridgehead atoms. The number of imidazole rings is 1. The number of aromatic carboxylic acids is 1. The van der Waals surface area contributed by atoms with Gasteiger partial charge in [-0.05, 0) is 35.2 Å². The topological polar surface area (TPSA) is 81.4 Å². The lowest BCUT2D eigenvalue weighted by Gasteiger charge is -2.13. The molecular weight excluding hydrogens is 416 g/mol. The van der Waals surface area contributed by atoms with E-state index in [-0.39, 0.29) is 18.1 Å². The monoisotopic (exact) mass is 440 g/mol. The summed E-state index contributed by atoms with van der Waals surface area (Å²) < 4.78 is 7.20. The summed E-state index contributed by atoms with van der Waals surface area (Å²) in [6.45, 7) is 4.11. The highest BCUT2D eigenvalue weighted by atomic mass is 35.5. The molecule has 7 heteroatoms. The number of ether oxygens (including phenoxy) is 1. The third-order valence-corrected chi connectivity index (χ3v) is 5.31. The van der Waals surface area contributed by atoms with Gasteiger partial charge in [0.1, 0.15) is 12.4 Å². The van der Waals surface area contributed by atoms with Crippen molar-refractivity contribution in [3.63, 3.8) is 0 Å². The Hall–Kier alpha value is -3.12. The molecule has 0 aliphatic rings. The van der Waals surface area contributed by atoms with Crippen molar-refractivity contribution in [1.29, 1.82) is 0 Å². The zero-order valence-electron chi connectivity index (χ0n) is 17.6. The van der Waals surface area contributed by atoms with Gasteiger partial charge in [-0.25, -0.2) is 9.78 Å². The van der Waals surface area contributed by atoms with Gasteiger partial charge in [-0.2, -0.15) is 0 Å². The third kappa shape index (κ3) is 5.73. The molecule has 0 saturated carbocycles. The van der Waals surface area contributed by atoms with Gasteiger partial charge in [0.15, 0.2) is 5.15 Å². The van der Waals surface area contributed by atoms with Crippen LogP contribution in [0.5, 0.6) is 0 Å². The molecule has 1 aromatic heterocycles. The fraction of sp³-hybridized carbons (Fsp3) is 0.292. The van der Waals surface area contributed by atoms with Crippen LogP contribution in [-0.2, 0) is 29.1 Å². The van der Waals surface area contributed by atoms with Crippen LogP contribution in [0.25, 0.3) is 11.1 Å². The van der Waals surface area contributed by atoms with Crippen LogP contribution in [0.4, 0.5) is 0 Å². The third-order valence-electron chi connectivity index (χ3n) is 5.01. The molecule has 3 aromatic rings. The molecule has 0 spiro atoms. The largest absolute Gasteiger partial charge is 0.478 e. The van der Waals surface area contributed by atoms with Crippen LogP contribution in [0.1, 0.15) is 54.1 Å². The number of carbonyl (C=O) groups is 2. The van der Waals surface area contributed by atoms with Crippen LogP contribution >= 0.6 is 11.6 Å². The first-order valence-corrected chi connectivity index (χ1v) is 10.6. The molecular formula is C24H25ClN2O4. The van der Waals surface area contributed by atoms with Gasteiger partial charge in [-0.15, -0.1) is 0 Å². The lowest BCUT2D eigenvalue weighted by Crippen LogP contribution is -2.11. The van der Waals surface area contributed by atoms with Crippen molar-refractivity contribution in [3.05, 3.63) is 76.3 Å². The van der Waals surface area contributed by atoms with Crippen LogP contribution in [0.15, 0.2) is 48.5 Å². The van der Waals surface area contributed by atoms with E-state index < -0.39 is 5.97 Å². The molecule has 6 nitrogen and oxygen atoms in total. The van der Waals surface area contributed by atoms with Crippen molar-refractivity contribution in [1.82, 2.24) is 9.55 Å². The van der Waals surface area contributed by atoms with E-state index in [9.17, 15) is 14.7 Å². The van der Waals surface area contributed by atoms with Gasteiger partial charge in [-0.3, -0.25) is 4.79 Å². The standard InChI is InChI=1S/C24H25ClN2O4/c1-3-4-8-22-26-23(25)21(15-31-16(2)28)27(22)14-17-9-11-18(12-10-17)19-6-5-7-20(13-19)24(29)30/h5-7,9-13H,3-4,8,14-15H2,1-2H3,(H,29,30). The van der Waals surface area contributed by atoms with Crippen LogP contribution in [-0.4, -0.2) is 26.6 Å². The second-order valence-corrected chi connectivity index (χ2v) is 7.68. The van der Waals surface area contributed by atoms with E-state index in [1.165, 1.54) is 6.92 Å². The predicted molar refractivity (Wildman–Crippen MR) is 119 cm³/mol. The SMILES string of the molecule is CCCCc1nc(Cl)c(COC(C)=O)n1Cc1ccc(-c2cccc(C(=O)O)c2)cc1. The number of esters is 1. The van der Waals surface area contributed by atoms with E-state index in [0.717, 1.165) is 41.8 Å². The smallest absolute Gasteiger partial charge is 0.335 e. The maximum Gasteiger partial charge on any atom is 0.335 e. The van der Waals surface area contributed by atoms with Gasteiger partial charge in [0.2, 0.25) is 0 Å². The van der Waals surface area contributed by atoms with Gasteiger partial charge in [0.25, 0.3) is 0 Å². The molecule has 0 amide bonds. The van der Waals surface area contributed by atoms with Gasteiger partial charge < -0.3 is 14.4 Å². The Morgan fingerprint density at radius 3 is 2.52 bits per heavy atom. The van der Waals surface area contributed by atoms with Crippen LogP contribution < -0.4 is 0 Å². The molecule has 31 heavy (non-hydrogen) atoms. The fourth-order valence-corrected chi connectivity index (χ4v) is 3.60. The van der Waals surface area contributed by atoms with Crippen molar-refractivity contribution in [2.45, 2.75) is 46.3 Å². The van der Waals surface area contributed by atoms with E-state index in [0.29, 0.717) is 17.4 Å². The summed E-state index contributed by atoms with van der Waals surface area (Å²) in [5.41, 5.74) is 3.75. The molecule has 0 atom stereocenters. The average Bonchev–Trinajstić information content (AvgIpc) is 3.05. The summed E-state index contributed by atoms with van der Waals surface area (Å²) >= 11 is 6.35. The fourth-order valence-electron chi connectivity index (χ4n) is 3.34. The van der Waals surface area contributed by atoms with Crippen molar-refractivity contribution < 1.29 is 19.4 Å². The van der Waals surface area contributed by atoms with E-state index in [1.54, 1.807) is 18.2 Å². The molecule has 0 unspecified atom stereocenters. The molecule has 0 saturated heterocycles. The number of unbranched alkanes of at least 4 members (excludes halogenated alkanes) is 1. The Kier molecular flexibility index (Phi) is 7.47. The molecule has 0 radical (unpaired) electrons. The normalized spacial score (nSPS) is 10.8. The van der Waals surface area contributed by atoms with Crippen molar-refractivity contribution in [3.8, 4) is 11.1 Å². The summed E-state index contributed by atoms with van der Waals surface area (Å²) in [6.07, 6.45) is 2.81. The number of halogens is 1. The molecule has 0 aliphatic carbocycles. The van der Waals surface area contributed by atoms with Crippen molar-refractivity contribution >= 4 is 23.5 Å². The Morgan fingerprint density at radius 1 is 1.13 bits per heavy atom. The van der Waals surface area contributed by atoms with Crippen LogP contribution in [0.3, 0.4) is 0 Å². The zero-order chi connectivity index (χ0) is 22.4. The number of rotatable bonds is 9. The second-order valence-electron chi connectivity index (χ2n) is 7.32. The number of carboxylic acids is 1. The van der Waals surface area contributed by atoms with Crippen molar-refractivity contribution in [2.24, 2.45) is 0 Å². The highest BCUT2D eigenvalue weighted by molar-refractivity contribution is 6.30. The quantitative estimate of drug-likeness (QED) is 0.453. The number of hydrogen-bond acceptors (Lipinski definition) is 4. The van der Waals surface area contributed by atoms with E-state index in [2.05, 4.69) is 11.9 Å². The van der Waals surface area contributed by atoms with E-state index in [1.807, 2.05) is 34.9 Å². The maximum absolute atomic E-state index is 11.3. The zero-order valence-corrected chi connectivity index (χ0v) is 18.4. The first kappa shape index (κ1) is 22.6. The highest BCUT2D eigenvalue weighted by Gasteiger charge is 2.17. The minimum Gasteiger partial charge on any atom is -0.478 e. The summed E-state index contributed by atoms with van der Waals surface area (Å²) in [5.74, 6) is -0.450. The lowest BCUT2D eigenvalue weighted by atomic mass is 10.0. The van der Waals surface area contributed by atoms with Gasteiger partial charge >= 0.3 is 11.9 Å². The van der Waals surface area contributed by atoms with Gasteiger partial charge in [0.05, 0.1) is 11.3 Å². The summed E-state index contributed by atoms with van der Waals surface area (Å²) in [5, 5.41) is 9.56. The van der Waals surface area contributed by atoms with Crippen LogP contribution in [0, 0.1) is 0 Å². The van der Waals surface area contributed by atoms with E-state index in [4.69, 9.17) is 16.3 Å². The Labute approximate surface area is 186 Å².